The number of nitrogens with zero attached hydrogens (tertiary/aromatic N) is 2. The van der Waals surface area contributed by atoms with Crippen molar-refractivity contribution < 1.29 is 27.5 Å². The van der Waals surface area contributed by atoms with Gasteiger partial charge in [-0.1, -0.05) is 23.5 Å². The van der Waals surface area contributed by atoms with Gasteiger partial charge in [0.1, 0.15) is 0 Å². The monoisotopic (exact) mass is 414 g/mol. The third kappa shape index (κ3) is 4.78. The molecule has 2 amide bonds. The molecule has 2 heterocycles. The summed E-state index contributed by atoms with van der Waals surface area (Å²) in [6, 6.07) is 4.86. The number of aromatic nitrogens is 1. The molecule has 1 aromatic heterocycles. The smallest absolute Gasteiger partial charge is 0.418 e. The van der Waals surface area contributed by atoms with Crippen LogP contribution >= 0.6 is 11.3 Å². The Balaban J connectivity index is 1.62. The Morgan fingerprint density at radius 1 is 1.29 bits per heavy atom. The van der Waals surface area contributed by atoms with E-state index in [2.05, 4.69) is 20.4 Å². The number of carbonyl (C=O) groups excluding carboxylic acids is 2. The number of amides is 2. The predicted octanol–water partition coefficient (Wildman–Crippen LogP) is 3.34. The third-order valence-electron chi connectivity index (χ3n) is 4.08. The van der Waals surface area contributed by atoms with E-state index in [1.807, 2.05) is 4.90 Å². The van der Waals surface area contributed by atoms with E-state index >= 15 is 0 Å². The summed E-state index contributed by atoms with van der Waals surface area (Å²) in [7, 11) is 1.25. The molecular formula is C17H17F3N4O3S. The third-order valence-corrected chi connectivity index (χ3v) is 5.08. The van der Waals surface area contributed by atoms with Crippen LogP contribution in [0.1, 0.15) is 16.1 Å². The molecule has 0 radical (unpaired) electrons. The van der Waals surface area contributed by atoms with E-state index < -0.39 is 23.7 Å². The minimum Gasteiger partial charge on any atom is -0.453 e. The van der Waals surface area contributed by atoms with Crippen LogP contribution in [0.15, 0.2) is 24.3 Å². The first-order chi connectivity index (χ1) is 13.3. The summed E-state index contributed by atoms with van der Waals surface area (Å²) in [5.74, 6) is -0.530. The Hall–Kier alpha value is -2.66. The highest BCUT2D eigenvalue weighted by Crippen LogP contribution is 2.34. The van der Waals surface area contributed by atoms with Crippen molar-refractivity contribution in [3.8, 4) is 0 Å². The topological polar surface area (TPSA) is 83.6 Å². The van der Waals surface area contributed by atoms with Gasteiger partial charge >= 0.3 is 12.3 Å². The highest BCUT2D eigenvalue weighted by molar-refractivity contribution is 7.15. The highest BCUT2D eigenvalue weighted by Gasteiger charge is 2.33. The number of alkyl halides is 3. The molecule has 0 bridgehead atoms. The molecule has 0 aliphatic carbocycles. The zero-order valence-corrected chi connectivity index (χ0v) is 15.6. The van der Waals surface area contributed by atoms with Gasteiger partial charge < -0.3 is 10.1 Å². The van der Waals surface area contributed by atoms with Crippen LogP contribution in [0.2, 0.25) is 0 Å². The van der Waals surface area contributed by atoms with Gasteiger partial charge in [0.15, 0.2) is 5.13 Å². The molecule has 0 saturated heterocycles. The molecule has 0 fully saturated rings. The van der Waals surface area contributed by atoms with Crippen LogP contribution in [0, 0.1) is 0 Å². The van der Waals surface area contributed by atoms with Crippen molar-refractivity contribution >= 4 is 34.2 Å². The summed E-state index contributed by atoms with van der Waals surface area (Å²) in [4.78, 5) is 30.5. The number of ether oxygens (including phenoxy) is 1. The van der Waals surface area contributed by atoms with Crippen molar-refractivity contribution in [2.45, 2.75) is 19.1 Å². The first-order valence-electron chi connectivity index (χ1n) is 8.28. The average molecular weight is 414 g/mol. The molecule has 0 spiro atoms. The molecule has 1 aliphatic rings. The molecule has 11 heteroatoms. The van der Waals surface area contributed by atoms with Gasteiger partial charge in [-0.2, -0.15) is 13.2 Å². The van der Waals surface area contributed by atoms with Crippen LogP contribution in [0.4, 0.5) is 28.8 Å². The lowest BCUT2D eigenvalue weighted by Crippen LogP contribution is -2.37. The lowest BCUT2D eigenvalue weighted by atomic mass is 10.1. The molecule has 2 N–H and O–H groups in total. The Kier molecular flexibility index (Phi) is 5.84. The van der Waals surface area contributed by atoms with E-state index in [9.17, 15) is 22.8 Å². The molecule has 0 unspecified atom stereocenters. The first-order valence-corrected chi connectivity index (χ1v) is 9.10. The van der Waals surface area contributed by atoms with Crippen LogP contribution in [0.3, 0.4) is 0 Å². The molecule has 2 aromatic rings. The second kappa shape index (κ2) is 8.15. The quantitative estimate of drug-likeness (QED) is 0.802. The number of fused-ring (bicyclic) bond motifs is 1. The maximum Gasteiger partial charge on any atom is 0.418 e. The van der Waals surface area contributed by atoms with E-state index in [4.69, 9.17) is 0 Å². The van der Waals surface area contributed by atoms with Gasteiger partial charge in [-0.25, -0.2) is 9.78 Å². The summed E-state index contributed by atoms with van der Waals surface area (Å²) >= 11 is 1.27. The van der Waals surface area contributed by atoms with E-state index in [-0.39, 0.29) is 12.2 Å². The van der Waals surface area contributed by atoms with Crippen LogP contribution < -0.4 is 10.6 Å². The summed E-state index contributed by atoms with van der Waals surface area (Å²) in [5, 5.41) is 5.25. The standard InChI is InChI=1S/C17H17F3N4O3S/c1-27-16(26)23-15-22-12-6-7-24(8-13(12)28-15)9-14(25)21-11-5-3-2-4-10(11)17(18,19)20/h2-5H,6-9H2,1H3,(H,21,25)(H,22,23,26). The zero-order chi connectivity index (χ0) is 20.3. The van der Waals surface area contributed by atoms with Gasteiger partial charge in [0, 0.05) is 24.4 Å². The molecule has 150 valence electrons. The normalized spacial score (nSPS) is 14.3. The fourth-order valence-electron chi connectivity index (χ4n) is 2.81. The number of para-hydroxylation sites is 1. The summed E-state index contributed by atoms with van der Waals surface area (Å²) in [6.45, 7) is 0.899. The summed E-state index contributed by atoms with van der Waals surface area (Å²) in [5.41, 5.74) is -0.319. The number of methoxy groups -OCH3 is 1. The maximum atomic E-state index is 13.0. The molecule has 28 heavy (non-hydrogen) atoms. The average Bonchev–Trinajstić information content (AvgIpc) is 3.02. The molecule has 0 atom stereocenters. The molecule has 1 aliphatic heterocycles. The number of hydrogen-bond donors (Lipinski definition) is 2. The number of halogens is 3. The van der Waals surface area contributed by atoms with Gasteiger partial charge in [-0.15, -0.1) is 0 Å². The lowest BCUT2D eigenvalue weighted by Gasteiger charge is -2.25. The largest absolute Gasteiger partial charge is 0.453 e. The van der Waals surface area contributed by atoms with Gasteiger partial charge in [0.05, 0.1) is 30.6 Å². The number of hydrogen-bond acceptors (Lipinski definition) is 6. The number of anilines is 2. The van der Waals surface area contributed by atoms with Gasteiger partial charge in [0.2, 0.25) is 5.91 Å². The number of nitrogens with one attached hydrogen (secondary N) is 2. The Morgan fingerprint density at radius 3 is 2.75 bits per heavy atom. The summed E-state index contributed by atoms with van der Waals surface area (Å²) < 4.78 is 43.6. The van der Waals surface area contributed by atoms with Crippen molar-refractivity contribution in [3.05, 3.63) is 40.4 Å². The van der Waals surface area contributed by atoms with Crippen LogP contribution in [0.25, 0.3) is 0 Å². The Labute approximate surface area is 162 Å². The van der Waals surface area contributed by atoms with Gasteiger partial charge in [-0.3, -0.25) is 15.0 Å². The molecule has 3 rings (SSSR count). The predicted molar refractivity (Wildman–Crippen MR) is 97.2 cm³/mol. The second-order valence-electron chi connectivity index (χ2n) is 6.06. The number of thiazole rings is 1. The maximum absolute atomic E-state index is 13.0. The Bertz CT molecular complexity index is 885. The van der Waals surface area contributed by atoms with Crippen LogP contribution in [-0.4, -0.2) is 42.1 Å². The minimum absolute atomic E-state index is 0.0523. The van der Waals surface area contributed by atoms with E-state index in [1.165, 1.54) is 36.6 Å². The van der Waals surface area contributed by atoms with E-state index in [1.54, 1.807) is 0 Å². The fourth-order valence-corrected chi connectivity index (χ4v) is 3.84. The van der Waals surface area contributed by atoms with Crippen LogP contribution in [0.5, 0.6) is 0 Å². The van der Waals surface area contributed by atoms with Crippen molar-refractivity contribution in [2.24, 2.45) is 0 Å². The van der Waals surface area contributed by atoms with Crippen molar-refractivity contribution in [3.63, 3.8) is 0 Å². The van der Waals surface area contributed by atoms with E-state index in [0.717, 1.165) is 16.6 Å². The number of benzene rings is 1. The minimum atomic E-state index is -4.55. The van der Waals surface area contributed by atoms with Crippen molar-refractivity contribution in [1.82, 2.24) is 9.88 Å². The molecule has 1 aromatic carbocycles. The highest BCUT2D eigenvalue weighted by atomic mass is 32.1. The van der Waals surface area contributed by atoms with Gasteiger partial charge in [0.25, 0.3) is 0 Å². The van der Waals surface area contributed by atoms with Gasteiger partial charge in [-0.05, 0) is 12.1 Å². The molecular weight excluding hydrogens is 397 g/mol. The summed E-state index contributed by atoms with van der Waals surface area (Å²) in [6.07, 6.45) is -4.60. The SMILES string of the molecule is COC(=O)Nc1nc2c(s1)CN(CC(=O)Nc1ccccc1C(F)(F)F)CC2. The molecule has 7 nitrogen and oxygen atoms in total. The van der Waals surface area contributed by atoms with Crippen molar-refractivity contribution in [1.29, 1.82) is 0 Å². The second-order valence-corrected chi connectivity index (χ2v) is 7.14. The number of carbonyl (C=O) groups is 2. The van der Waals surface area contributed by atoms with E-state index in [0.29, 0.717) is 24.6 Å². The number of rotatable bonds is 4. The fraction of sp³-hybridized carbons (Fsp3) is 0.353. The Morgan fingerprint density at radius 2 is 2.04 bits per heavy atom. The lowest BCUT2D eigenvalue weighted by molar-refractivity contribution is -0.137. The first kappa shape index (κ1) is 20.1. The van der Waals surface area contributed by atoms with Crippen molar-refractivity contribution in [2.75, 3.05) is 30.8 Å². The molecule has 0 saturated carbocycles. The zero-order valence-electron chi connectivity index (χ0n) is 14.8. The van der Waals surface area contributed by atoms with Crippen LogP contribution in [-0.2, 0) is 28.7 Å².